The maximum absolute atomic E-state index is 13.1. The van der Waals surface area contributed by atoms with Gasteiger partial charge in [-0.25, -0.2) is 0 Å². The molecule has 0 spiro atoms. The van der Waals surface area contributed by atoms with Crippen LogP contribution in [0.2, 0.25) is 0 Å². The molecule has 1 amide bonds. The number of carbonyl (C=O) groups is 1. The van der Waals surface area contributed by atoms with Crippen LogP contribution in [-0.4, -0.2) is 22.5 Å². The second-order valence-corrected chi connectivity index (χ2v) is 7.89. The third kappa shape index (κ3) is 2.61. The zero-order valence-corrected chi connectivity index (χ0v) is 14.5. The van der Waals surface area contributed by atoms with E-state index >= 15 is 0 Å². The van der Waals surface area contributed by atoms with E-state index in [0.717, 1.165) is 55.2 Å². The summed E-state index contributed by atoms with van der Waals surface area (Å²) >= 11 is 1.76. The Bertz CT molecular complexity index is 733. The first-order valence-electron chi connectivity index (χ1n) is 8.47. The predicted octanol–water partition coefficient (Wildman–Crippen LogP) is 4.15. The summed E-state index contributed by atoms with van der Waals surface area (Å²) in [6.45, 7) is 5.03. The zero-order valence-electron chi connectivity index (χ0n) is 13.7. The average molecular weight is 330 g/mol. The van der Waals surface area contributed by atoms with Crippen LogP contribution in [0.5, 0.6) is 0 Å². The lowest BCUT2D eigenvalue weighted by atomic mass is 9.88. The second-order valence-electron chi connectivity index (χ2n) is 6.93. The van der Waals surface area contributed by atoms with Crippen molar-refractivity contribution in [1.29, 1.82) is 0 Å². The molecule has 4 rings (SSSR count). The maximum Gasteiger partial charge on any atom is 0.255 e. The molecule has 0 radical (unpaired) electrons. The normalized spacial score (nSPS) is 24.0. The first-order chi connectivity index (χ1) is 11.1. The Hall–Kier alpha value is -1.62. The molecule has 23 heavy (non-hydrogen) atoms. The molecular formula is C18H22N2O2S. The Balaban J connectivity index is 1.61. The van der Waals surface area contributed by atoms with Crippen molar-refractivity contribution >= 4 is 17.2 Å². The van der Waals surface area contributed by atoms with E-state index in [0.29, 0.717) is 0 Å². The summed E-state index contributed by atoms with van der Waals surface area (Å²) in [5, 5.41) is 6.06. The summed E-state index contributed by atoms with van der Waals surface area (Å²) in [5.74, 6) is 1.74. The Labute approximate surface area is 140 Å². The van der Waals surface area contributed by atoms with Gasteiger partial charge in [-0.3, -0.25) is 4.79 Å². The number of likely N-dealkylation sites (tertiary alicyclic amines) is 1. The van der Waals surface area contributed by atoms with Gasteiger partial charge in [0.1, 0.15) is 0 Å². The molecule has 1 aliphatic heterocycles. The molecule has 2 unspecified atom stereocenters. The summed E-state index contributed by atoms with van der Waals surface area (Å²) in [6.07, 6.45) is 5.34. The average Bonchev–Trinajstić information content (AvgIpc) is 3.23. The number of amides is 1. The van der Waals surface area contributed by atoms with Crippen LogP contribution in [0.15, 0.2) is 16.0 Å². The topological polar surface area (TPSA) is 46.3 Å². The van der Waals surface area contributed by atoms with Crippen molar-refractivity contribution in [1.82, 2.24) is 10.1 Å². The van der Waals surface area contributed by atoms with E-state index in [1.807, 2.05) is 17.9 Å². The highest BCUT2D eigenvalue weighted by Gasteiger charge is 2.35. The van der Waals surface area contributed by atoms with Crippen LogP contribution in [0.1, 0.15) is 64.5 Å². The molecule has 5 heteroatoms. The number of aromatic nitrogens is 1. The van der Waals surface area contributed by atoms with Crippen molar-refractivity contribution < 1.29 is 9.32 Å². The van der Waals surface area contributed by atoms with Gasteiger partial charge in [0.25, 0.3) is 5.91 Å². The van der Waals surface area contributed by atoms with Gasteiger partial charge in [0, 0.05) is 22.9 Å². The van der Waals surface area contributed by atoms with Crippen molar-refractivity contribution in [3.63, 3.8) is 0 Å². The minimum absolute atomic E-state index is 0.0433. The molecule has 0 aromatic carbocycles. The Morgan fingerprint density at radius 3 is 3.09 bits per heavy atom. The highest BCUT2D eigenvalue weighted by atomic mass is 32.1. The molecule has 122 valence electrons. The Morgan fingerprint density at radius 1 is 1.43 bits per heavy atom. The van der Waals surface area contributed by atoms with Crippen LogP contribution in [-0.2, 0) is 12.8 Å². The number of rotatable bonds is 2. The van der Waals surface area contributed by atoms with Gasteiger partial charge in [-0.05, 0) is 50.5 Å². The van der Waals surface area contributed by atoms with Crippen LogP contribution < -0.4 is 0 Å². The molecule has 2 aromatic rings. The highest BCUT2D eigenvalue weighted by Crippen LogP contribution is 2.37. The molecule has 0 N–H and O–H groups in total. The summed E-state index contributed by atoms with van der Waals surface area (Å²) in [5.41, 5.74) is 3.11. The quantitative estimate of drug-likeness (QED) is 0.831. The summed E-state index contributed by atoms with van der Waals surface area (Å²) in [4.78, 5) is 16.5. The molecule has 4 nitrogen and oxygen atoms in total. The molecule has 3 heterocycles. The van der Waals surface area contributed by atoms with Gasteiger partial charge in [-0.15, -0.1) is 11.3 Å². The fourth-order valence-corrected chi connectivity index (χ4v) is 5.10. The second kappa shape index (κ2) is 5.78. The fraction of sp³-hybridized carbons (Fsp3) is 0.556. The lowest BCUT2D eigenvalue weighted by molar-refractivity contribution is 0.0713. The van der Waals surface area contributed by atoms with Gasteiger partial charge in [0.05, 0.1) is 17.3 Å². The van der Waals surface area contributed by atoms with Crippen molar-refractivity contribution in [2.45, 2.75) is 52.0 Å². The SMILES string of the molecule is Cc1cc(C2CCCN2C(=O)c2csc3c2CCC(C)C3)on1. The Kier molecular flexibility index (Phi) is 3.76. The third-order valence-corrected chi connectivity index (χ3v) is 6.17. The molecule has 2 aromatic heterocycles. The number of thiophene rings is 1. The van der Waals surface area contributed by atoms with Gasteiger partial charge >= 0.3 is 0 Å². The summed E-state index contributed by atoms with van der Waals surface area (Å²) < 4.78 is 5.43. The number of fused-ring (bicyclic) bond motifs is 1. The van der Waals surface area contributed by atoms with E-state index in [4.69, 9.17) is 4.52 Å². The zero-order chi connectivity index (χ0) is 16.0. The van der Waals surface area contributed by atoms with Gasteiger partial charge in [-0.1, -0.05) is 12.1 Å². The van der Waals surface area contributed by atoms with E-state index in [1.165, 1.54) is 16.9 Å². The number of hydrogen-bond donors (Lipinski definition) is 0. The minimum atomic E-state index is 0.0433. The minimum Gasteiger partial charge on any atom is -0.359 e. The molecule has 1 aliphatic carbocycles. The Morgan fingerprint density at radius 2 is 2.30 bits per heavy atom. The summed E-state index contributed by atoms with van der Waals surface area (Å²) in [6, 6.07) is 2.00. The number of carbonyl (C=O) groups excluding carboxylic acids is 1. The molecule has 2 aliphatic rings. The lowest BCUT2D eigenvalue weighted by Crippen LogP contribution is -2.31. The maximum atomic E-state index is 13.1. The molecule has 0 bridgehead atoms. The van der Waals surface area contributed by atoms with Crippen LogP contribution in [0.25, 0.3) is 0 Å². The smallest absolute Gasteiger partial charge is 0.255 e. The lowest BCUT2D eigenvalue weighted by Gasteiger charge is -2.24. The van der Waals surface area contributed by atoms with E-state index in [1.54, 1.807) is 11.3 Å². The molecular weight excluding hydrogens is 308 g/mol. The van der Waals surface area contributed by atoms with Gasteiger partial charge < -0.3 is 9.42 Å². The number of nitrogens with zero attached hydrogens (tertiary/aromatic N) is 2. The van der Waals surface area contributed by atoms with E-state index in [2.05, 4.69) is 17.5 Å². The van der Waals surface area contributed by atoms with E-state index < -0.39 is 0 Å². The molecule has 2 atom stereocenters. The first-order valence-corrected chi connectivity index (χ1v) is 9.35. The fourth-order valence-electron chi connectivity index (χ4n) is 3.86. The van der Waals surface area contributed by atoms with E-state index in [-0.39, 0.29) is 11.9 Å². The van der Waals surface area contributed by atoms with Crippen LogP contribution in [0.4, 0.5) is 0 Å². The monoisotopic (exact) mass is 330 g/mol. The third-order valence-electron chi connectivity index (χ3n) is 5.12. The first kappa shape index (κ1) is 14.9. The molecule has 1 saturated heterocycles. The van der Waals surface area contributed by atoms with Crippen molar-refractivity contribution in [3.05, 3.63) is 38.9 Å². The molecule has 1 fully saturated rings. The van der Waals surface area contributed by atoms with Crippen LogP contribution >= 0.6 is 11.3 Å². The van der Waals surface area contributed by atoms with Crippen molar-refractivity contribution in [3.8, 4) is 0 Å². The molecule has 0 saturated carbocycles. The predicted molar refractivity (Wildman–Crippen MR) is 89.8 cm³/mol. The van der Waals surface area contributed by atoms with Gasteiger partial charge in [0.15, 0.2) is 5.76 Å². The largest absolute Gasteiger partial charge is 0.359 e. The van der Waals surface area contributed by atoms with E-state index in [9.17, 15) is 4.79 Å². The number of aryl methyl sites for hydroxylation is 1. The van der Waals surface area contributed by atoms with Crippen molar-refractivity contribution in [2.24, 2.45) is 5.92 Å². The van der Waals surface area contributed by atoms with Gasteiger partial charge in [0.2, 0.25) is 0 Å². The number of hydrogen-bond acceptors (Lipinski definition) is 4. The van der Waals surface area contributed by atoms with Gasteiger partial charge in [-0.2, -0.15) is 0 Å². The standard InChI is InChI=1S/C18H22N2O2S/c1-11-5-6-13-14(10-23-17(13)8-11)18(21)20-7-3-4-15(20)16-9-12(2)19-22-16/h9-11,15H,3-8H2,1-2H3. The highest BCUT2D eigenvalue weighted by molar-refractivity contribution is 7.10. The van der Waals surface area contributed by atoms with Crippen LogP contribution in [0, 0.1) is 12.8 Å². The summed E-state index contributed by atoms with van der Waals surface area (Å²) in [7, 11) is 0. The van der Waals surface area contributed by atoms with Crippen LogP contribution in [0.3, 0.4) is 0 Å². The van der Waals surface area contributed by atoms with Crippen molar-refractivity contribution in [2.75, 3.05) is 6.54 Å².